The quantitative estimate of drug-likeness (QED) is 0.261. The van der Waals surface area contributed by atoms with Crippen molar-refractivity contribution in [3.8, 4) is 0 Å². The van der Waals surface area contributed by atoms with Crippen molar-refractivity contribution in [1.29, 1.82) is 0 Å². The Morgan fingerprint density at radius 1 is 1.82 bits per heavy atom. The van der Waals surface area contributed by atoms with Gasteiger partial charge in [-0.25, -0.2) is 4.57 Å². The molecule has 0 unspecified atom stereocenters. The molecule has 0 atom stereocenters. The Hall–Kier alpha value is -1.55. The van der Waals surface area contributed by atoms with Gasteiger partial charge in [0.25, 0.3) is 6.33 Å². The van der Waals surface area contributed by atoms with E-state index in [0.29, 0.717) is 13.1 Å². The van der Waals surface area contributed by atoms with Crippen molar-refractivity contribution in [2.45, 2.75) is 6.54 Å². The van der Waals surface area contributed by atoms with Crippen LogP contribution >= 0.6 is 0 Å². The molecule has 0 saturated heterocycles. The zero-order chi connectivity index (χ0) is 8.10. The predicted molar refractivity (Wildman–Crippen MR) is 37.4 cm³/mol. The summed E-state index contributed by atoms with van der Waals surface area (Å²) in [6.45, 7) is 1.07. The first kappa shape index (κ1) is 7.56. The maximum absolute atomic E-state index is 7.97. The fraction of sp³-hybridized carbons (Fsp3) is 0.600. The largest absolute Gasteiger partial charge is 0.264 e. The van der Waals surface area contributed by atoms with Gasteiger partial charge in [0.1, 0.15) is 6.54 Å². The van der Waals surface area contributed by atoms with Gasteiger partial charge in [-0.2, -0.15) is 0 Å². The first-order valence-corrected chi connectivity index (χ1v) is 3.21. The molecule has 0 aliphatic heterocycles. The molecular formula is C5H9N6+. The van der Waals surface area contributed by atoms with E-state index in [-0.39, 0.29) is 0 Å². The molecule has 0 spiro atoms. The molecule has 0 bridgehead atoms. The van der Waals surface area contributed by atoms with E-state index < -0.39 is 0 Å². The lowest BCUT2D eigenvalue weighted by atomic mass is 10.7. The summed E-state index contributed by atoms with van der Waals surface area (Å²) in [7, 11) is 1.89. The number of hydrogen-bond donors (Lipinski definition) is 0. The average molecular weight is 153 g/mol. The molecule has 1 aromatic rings. The molecule has 11 heavy (non-hydrogen) atoms. The summed E-state index contributed by atoms with van der Waals surface area (Å²) >= 11 is 0. The third-order valence-corrected chi connectivity index (χ3v) is 1.19. The molecule has 58 valence electrons. The highest BCUT2D eigenvalue weighted by molar-refractivity contribution is 4.49. The molecule has 1 heterocycles. The number of aryl methyl sites for hydroxylation is 1. The van der Waals surface area contributed by atoms with Crippen LogP contribution in [0.25, 0.3) is 10.4 Å². The van der Waals surface area contributed by atoms with Gasteiger partial charge in [-0.3, -0.25) is 0 Å². The van der Waals surface area contributed by atoms with E-state index in [0.717, 1.165) is 0 Å². The molecule has 0 N–H and O–H groups in total. The average Bonchev–Trinajstić information content (AvgIpc) is 2.37. The Bertz CT molecular complexity index is 270. The van der Waals surface area contributed by atoms with E-state index in [2.05, 4.69) is 15.1 Å². The Kier molecular flexibility index (Phi) is 2.46. The van der Waals surface area contributed by atoms with E-state index in [1.165, 1.54) is 0 Å². The van der Waals surface area contributed by atoms with Crippen LogP contribution in [0.15, 0.2) is 17.8 Å². The van der Waals surface area contributed by atoms with Crippen molar-refractivity contribution >= 4 is 0 Å². The first-order chi connectivity index (χ1) is 5.33. The molecule has 6 nitrogen and oxygen atoms in total. The minimum Gasteiger partial charge on any atom is -0.240 e. The van der Waals surface area contributed by atoms with Crippen molar-refractivity contribution in [1.82, 2.24) is 9.78 Å². The Morgan fingerprint density at radius 3 is 3.18 bits per heavy atom. The van der Waals surface area contributed by atoms with Crippen LogP contribution in [-0.4, -0.2) is 16.3 Å². The Balaban J connectivity index is 2.44. The molecule has 0 radical (unpaired) electrons. The van der Waals surface area contributed by atoms with Crippen molar-refractivity contribution in [2.75, 3.05) is 6.54 Å². The summed E-state index contributed by atoms with van der Waals surface area (Å²) < 4.78 is 3.55. The van der Waals surface area contributed by atoms with Crippen LogP contribution in [0.4, 0.5) is 0 Å². The standard InChI is InChI=1S/C5H9N6/c1-10-4-8-11(5-10)3-2-7-9-6/h4-5H,2-3H2,1H3/q+1. The van der Waals surface area contributed by atoms with Crippen LogP contribution in [0.2, 0.25) is 0 Å². The van der Waals surface area contributed by atoms with Gasteiger partial charge in [0, 0.05) is 10.0 Å². The van der Waals surface area contributed by atoms with Crippen molar-refractivity contribution in [2.24, 2.45) is 12.2 Å². The monoisotopic (exact) mass is 153 g/mol. The topological polar surface area (TPSA) is 70.5 Å². The lowest BCUT2D eigenvalue weighted by Gasteiger charge is -1.84. The summed E-state index contributed by atoms with van der Waals surface area (Å²) in [5, 5.41) is 7.37. The number of azide groups is 1. The lowest BCUT2D eigenvalue weighted by molar-refractivity contribution is -0.672. The van der Waals surface area contributed by atoms with Crippen molar-refractivity contribution in [3.63, 3.8) is 0 Å². The van der Waals surface area contributed by atoms with Gasteiger partial charge >= 0.3 is 0 Å². The van der Waals surface area contributed by atoms with Crippen LogP contribution in [0, 0.1) is 0 Å². The summed E-state index contributed by atoms with van der Waals surface area (Å²) in [5.41, 5.74) is 7.97. The number of hydrogen-bond acceptors (Lipinski definition) is 2. The highest BCUT2D eigenvalue weighted by Gasteiger charge is 1.99. The SMILES string of the molecule is C[n+]1cnn(CCN=[N+]=[N-])c1. The molecule has 0 aliphatic carbocycles. The zero-order valence-corrected chi connectivity index (χ0v) is 6.25. The molecule has 0 fully saturated rings. The number of nitrogens with zero attached hydrogens (tertiary/aromatic N) is 6. The molecule has 6 heteroatoms. The Morgan fingerprint density at radius 2 is 2.64 bits per heavy atom. The van der Waals surface area contributed by atoms with Gasteiger partial charge in [0.2, 0.25) is 6.33 Å². The van der Waals surface area contributed by atoms with Crippen molar-refractivity contribution < 1.29 is 4.57 Å². The van der Waals surface area contributed by atoms with Gasteiger partial charge in [-0.15, -0.1) is 4.68 Å². The smallest absolute Gasteiger partial charge is 0.240 e. The zero-order valence-electron chi connectivity index (χ0n) is 6.25. The number of aromatic nitrogens is 3. The third-order valence-electron chi connectivity index (χ3n) is 1.19. The fourth-order valence-electron chi connectivity index (χ4n) is 0.725. The summed E-state index contributed by atoms with van der Waals surface area (Å²) in [4.78, 5) is 2.63. The molecule has 0 saturated carbocycles. The molecule has 0 aliphatic rings. The van der Waals surface area contributed by atoms with Gasteiger partial charge in [0.05, 0.1) is 13.6 Å². The minimum absolute atomic E-state index is 0.443. The van der Waals surface area contributed by atoms with Crippen molar-refractivity contribution in [3.05, 3.63) is 23.1 Å². The second-order valence-corrected chi connectivity index (χ2v) is 2.13. The van der Waals surface area contributed by atoms with Gasteiger partial charge in [-0.1, -0.05) is 5.11 Å². The maximum Gasteiger partial charge on any atom is 0.264 e. The number of rotatable bonds is 3. The molecule has 1 aromatic heterocycles. The van der Waals surface area contributed by atoms with Crippen LogP contribution in [0.1, 0.15) is 0 Å². The van der Waals surface area contributed by atoms with Gasteiger partial charge in [0.15, 0.2) is 0 Å². The highest BCUT2D eigenvalue weighted by atomic mass is 15.3. The fourth-order valence-corrected chi connectivity index (χ4v) is 0.725. The lowest BCUT2D eigenvalue weighted by Crippen LogP contribution is -2.23. The van der Waals surface area contributed by atoms with E-state index >= 15 is 0 Å². The van der Waals surface area contributed by atoms with Gasteiger partial charge in [-0.05, 0) is 5.53 Å². The highest BCUT2D eigenvalue weighted by Crippen LogP contribution is 1.79. The third kappa shape index (κ3) is 2.27. The van der Waals surface area contributed by atoms with Gasteiger partial charge < -0.3 is 0 Å². The molecule has 0 amide bonds. The van der Waals surface area contributed by atoms with Crippen LogP contribution in [0.3, 0.4) is 0 Å². The second kappa shape index (κ2) is 3.58. The summed E-state index contributed by atoms with van der Waals surface area (Å²) in [5.74, 6) is 0. The van der Waals surface area contributed by atoms with E-state index in [9.17, 15) is 0 Å². The minimum atomic E-state index is 0.443. The van der Waals surface area contributed by atoms with E-state index in [1.54, 1.807) is 11.0 Å². The van der Waals surface area contributed by atoms with Crippen LogP contribution in [0.5, 0.6) is 0 Å². The molecule has 0 aromatic carbocycles. The van der Waals surface area contributed by atoms with Crippen LogP contribution < -0.4 is 4.57 Å². The van der Waals surface area contributed by atoms with E-state index in [1.807, 2.05) is 17.9 Å². The second-order valence-electron chi connectivity index (χ2n) is 2.13. The van der Waals surface area contributed by atoms with E-state index in [4.69, 9.17) is 5.53 Å². The van der Waals surface area contributed by atoms with Crippen LogP contribution in [-0.2, 0) is 13.6 Å². The summed E-state index contributed by atoms with van der Waals surface area (Å²) in [6.07, 6.45) is 3.52. The molecule has 1 rings (SSSR count). The normalized spacial score (nSPS) is 9.18. The maximum atomic E-state index is 7.97. The Labute approximate surface area is 63.7 Å². The molecular weight excluding hydrogens is 144 g/mol. The summed E-state index contributed by atoms with van der Waals surface area (Å²) in [6, 6.07) is 0. The predicted octanol–water partition coefficient (Wildman–Crippen LogP) is 0.0179. The first-order valence-electron chi connectivity index (χ1n) is 3.21.